The Labute approximate surface area is 124 Å². The van der Waals surface area contributed by atoms with Gasteiger partial charge in [0.25, 0.3) is 5.56 Å². The molecule has 6 heteroatoms. The molecule has 0 saturated heterocycles. The molecule has 0 aliphatic heterocycles. The zero-order valence-electron chi connectivity index (χ0n) is 11.1. The van der Waals surface area contributed by atoms with E-state index in [1.54, 1.807) is 13.0 Å². The number of H-pyrrole nitrogens is 1. The van der Waals surface area contributed by atoms with Gasteiger partial charge in [-0.2, -0.15) is 5.26 Å². The minimum absolute atomic E-state index is 0.218. The van der Waals surface area contributed by atoms with Crippen LogP contribution in [0.2, 0.25) is 0 Å². The van der Waals surface area contributed by atoms with E-state index in [1.807, 2.05) is 24.3 Å². The lowest BCUT2D eigenvalue weighted by Crippen LogP contribution is -2.08. The van der Waals surface area contributed by atoms with Gasteiger partial charge in [0, 0.05) is 17.1 Å². The predicted octanol–water partition coefficient (Wildman–Crippen LogP) is 2.65. The van der Waals surface area contributed by atoms with Crippen molar-refractivity contribution in [3.8, 4) is 6.07 Å². The molecule has 0 aliphatic carbocycles. The summed E-state index contributed by atoms with van der Waals surface area (Å²) < 4.78 is 0. The molecule has 0 fully saturated rings. The summed E-state index contributed by atoms with van der Waals surface area (Å²) in [5.74, 6) is 0. The number of aromatic amines is 1. The summed E-state index contributed by atoms with van der Waals surface area (Å²) in [5.41, 5.74) is 1.67. The van der Waals surface area contributed by atoms with E-state index in [9.17, 15) is 10.1 Å². The van der Waals surface area contributed by atoms with Crippen molar-refractivity contribution in [1.29, 1.82) is 5.26 Å². The summed E-state index contributed by atoms with van der Waals surface area (Å²) in [6.45, 7) is 1.75. The molecule has 5 nitrogen and oxygen atoms in total. The topological polar surface area (TPSA) is 82.4 Å². The van der Waals surface area contributed by atoms with Crippen molar-refractivity contribution in [1.82, 2.24) is 15.0 Å². The fourth-order valence-corrected chi connectivity index (χ4v) is 2.83. The van der Waals surface area contributed by atoms with Gasteiger partial charge in [-0.15, -0.1) is 0 Å². The van der Waals surface area contributed by atoms with Crippen LogP contribution in [0.3, 0.4) is 0 Å². The molecule has 0 amide bonds. The second-order valence-electron chi connectivity index (χ2n) is 4.44. The Hall–Kier alpha value is -2.65. The van der Waals surface area contributed by atoms with Crippen molar-refractivity contribution in [2.24, 2.45) is 0 Å². The number of hydrogen-bond acceptors (Lipinski definition) is 5. The molecule has 2 aromatic heterocycles. The van der Waals surface area contributed by atoms with Gasteiger partial charge in [0.05, 0.1) is 11.1 Å². The minimum Gasteiger partial charge on any atom is -0.301 e. The molecule has 21 heavy (non-hydrogen) atoms. The van der Waals surface area contributed by atoms with Gasteiger partial charge in [-0.3, -0.25) is 4.79 Å². The number of nitrogens with zero attached hydrogens (tertiary/aromatic N) is 3. The fraction of sp³-hybridized carbons (Fsp3) is 0.0667. The maximum absolute atomic E-state index is 11.5. The Morgan fingerprint density at radius 2 is 2.05 bits per heavy atom. The van der Waals surface area contributed by atoms with E-state index in [4.69, 9.17) is 0 Å². The van der Waals surface area contributed by atoms with Crippen LogP contribution in [0.4, 0.5) is 0 Å². The van der Waals surface area contributed by atoms with Crippen molar-refractivity contribution in [2.75, 3.05) is 0 Å². The quantitative estimate of drug-likeness (QED) is 0.735. The molecular weight excluding hydrogens is 284 g/mol. The Kier molecular flexibility index (Phi) is 3.42. The molecule has 1 N–H and O–H groups in total. The lowest BCUT2D eigenvalue weighted by Gasteiger charge is -2.05. The second kappa shape index (κ2) is 5.38. The van der Waals surface area contributed by atoms with Crippen LogP contribution in [-0.2, 0) is 0 Å². The number of benzene rings is 1. The molecule has 1 aromatic carbocycles. The highest BCUT2D eigenvalue weighted by atomic mass is 32.2. The first-order valence-electron chi connectivity index (χ1n) is 6.21. The molecule has 0 saturated carbocycles. The zero-order valence-corrected chi connectivity index (χ0v) is 11.9. The van der Waals surface area contributed by atoms with Crippen LogP contribution >= 0.6 is 11.8 Å². The minimum atomic E-state index is -0.218. The fourth-order valence-electron chi connectivity index (χ4n) is 1.95. The Bertz CT molecular complexity index is 927. The Morgan fingerprint density at radius 1 is 1.24 bits per heavy atom. The number of nitrogens with one attached hydrogen (secondary N) is 1. The zero-order chi connectivity index (χ0) is 14.8. The maximum Gasteiger partial charge on any atom is 0.251 e. The van der Waals surface area contributed by atoms with E-state index in [0.717, 1.165) is 10.9 Å². The van der Waals surface area contributed by atoms with E-state index >= 15 is 0 Å². The number of aryl methyl sites for hydroxylation is 1. The number of nitriles is 1. The summed E-state index contributed by atoms with van der Waals surface area (Å²) in [5, 5.41) is 11.1. The van der Waals surface area contributed by atoms with Crippen LogP contribution in [-0.4, -0.2) is 15.0 Å². The first-order chi connectivity index (χ1) is 10.2. The number of hydrogen-bond donors (Lipinski definition) is 1. The Morgan fingerprint density at radius 3 is 2.81 bits per heavy atom. The van der Waals surface area contributed by atoms with Gasteiger partial charge in [-0.1, -0.05) is 18.2 Å². The SMILES string of the molecule is Cc1cc(=O)[nH]c(Sc2nc3ccccc3cc2C#N)n1. The third-order valence-corrected chi connectivity index (χ3v) is 3.74. The summed E-state index contributed by atoms with van der Waals surface area (Å²) in [6.07, 6.45) is 0. The average molecular weight is 294 g/mol. The largest absolute Gasteiger partial charge is 0.301 e. The number of fused-ring (bicyclic) bond motifs is 1. The summed E-state index contributed by atoms with van der Waals surface area (Å²) >= 11 is 1.18. The Balaban J connectivity index is 2.11. The van der Waals surface area contributed by atoms with Gasteiger partial charge in [-0.05, 0) is 30.8 Å². The maximum atomic E-state index is 11.5. The van der Waals surface area contributed by atoms with Gasteiger partial charge in [0.2, 0.25) is 0 Å². The van der Waals surface area contributed by atoms with Gasteiger partial charge in [0.1, 0.15) is 11.1 Å². The molecule has 0 unspecified atom stereocenters. The number of aromatic nitrogens is 3. The van der Waals surface area contributed by atoms with E-state index < -0.39 is 0 Å². The highest BCUT2D eigenvalue weighted by Gasteiger charge is 2.10. The van der Waals surface area contributed by atoms with Crippen LogP contribution in [0.25, 0.3) is 10.9 Å². The van der Waals surface area contributed by atoms with Crippen molar-refractivity contribution >= 4 is 22.7 Å². The summed E-state index contributed by atoms with van der Waals surface area (Å²) in [7, 11) is 0. The van der Waals surface area contributed by atoms with E-state index in [-0.39, 0.29) is 5.56 Å². The molecule has 0 radical (unpaired) electrons. The number of pyridine rings is 1. The lowest BCUT2D eigenvalue weighted by molar-refractivity contribution is 0.902. The normalized spacial score (nSPS) is 10.5. The number of rotatable bonds is 2. The van der Waals surface area contributed by atoms with Gasteiger partial charge in [0.15, 0.2) is 5.16 Å². The first-order valence-corrected chi connectivity index (χ1v) is 7.03. The highest BCUT2D eigenvalue weighted by Crippen LogP contribution is 2.28. The highest BCUT2D eigenvalue weighted by molar-refractivity contribution is 7.99. The van der Waals surface area contributed by atoms with Crippen molar-refractivity contribution in [2.45, 2.75) is 17.1 Å². The monoisotopic (exact) mass is 294 g/mol. The smallest absolute Gasteiger partial charge is 0.251 e. The first kappa shape index (κ1) is 13.3. The van der Waals surface area contributed by atoms with Crippen molar-refractivity contribution in [3.05, 3.63) is 58.0 Å². The van der Waals surface area contributed by atoms with Crippen LogP contribution in [0.1, 0.15) is 11.3 Å². The van der Waals surface area contributed by atoms with Gasteiger partial charge in [-0.25, -0.2) is 9.97 Å². The van der Waals surface area contributed by atoms with Crippen LogP contribution < -0.4 is 5.56 Å². The molecule has 0 aliphatic rings. The predicted molar refractivity (Wildman–Crippen MR) is 80.2 cm³/mol. The van der Waals surface area contributed by atoms with Crippen molar-refractivity contribution < 1.29 is 0 Å². The van der Waals surface area contributed by atoms with Crippen LogP contribution in [0, 0.1) is 18.3 Å². The standard InChI is InChI=1S/C15H10N4OS/c1-9-6-13(20)19-15(17-9)21-14-11(8-16)7-10-4-2-3-5-12(10)18-14/h2-7H,1H3,(H,17,19,20). The summed E-state index contributed by atoms with van der Waals surface area (Å²) in [4.78, 5) is 22.8. The molecular formula is C15H10N4OS. The van der Waals surface area contributed by atoms with Gasteiger partial charge >= 0.3 is 0 Å². The molecule has 3 rings (SSSR count). The van der Waals surface area contributed by atoms with Crippen LogP contribution in [0.15, 0.2) is 51.4 Å². The van der Waals surface area contributed by atoms with E-state index in [1.165, 1.54) is 17.8 Å². The van der Waals surface area contributed by atoms with Gasteiger partial charge < -0.3 is 4.98 Å². The van der Waals surface area contributed by atoms with Crippen molar-refractivity contribution in [3.63, 3.8) is 0 Å². The van der Waals surface area contributed by atoms with E-state index in [2.05, 4.69) is 21.0 Å². The number of para-hydroxylation sites is 1. The van der Waals surface area contributed by atoms with E-state index in [0.29, 0.717) is 21.4 Å². The van der Waals surface area contributed by atoms with Crippen LogP contribution in [0.5, 0.6) is 0 Å². The molecule has 3 aromatic rings. The molecule has 102 valence electrons. The molecule has 2 heterocycles. The molecule has 0 spiro atoms. The average Bonchev–Trinajstić information content (AvgIpc) is 2.45. The second-order valence-corrected chi connectivity index (χ2v) is 5.42. The summed E-state index contributed by atoms with van der Waals surface area (Å²) in [6, 6.07) is 12.9. The third-order valence-electron chi connectivity index (χ3n) is 2.85. The molecule has 0 atom stereocenters. The third kappa shape index (κ3) is 2.78. The molecule has 0 bridgehead atoms. The lowest BCUT2D eigenvalue weighted by atomic mass is 10.2.